The first-order chi connectivity index (χ1) is 10.7. The van der Waals surface area contributed by atoms with E-state index in [-0.39, 0.29) is 17.8 Å². The predicted molar refractivity (Wildman–Crippen MR) is 83.0 cm³/mol. The summed E-state index contributed by atoms with van der Waals surface area (Å²) in [6.07, 6.45) is 2.08. The van der Waals surface area contributed by atoms with Gasteiger partial charge in [-0.25, -0.2) is 9.37 Å². The van der Waals surface area contributed by atoms with Crippen molar-refractivity contribution >= 4 is 17.2 Å². The molecule has 2 N–H and O–H groups in total. The number of nitrogens with two attached hydrogens (primary N) is 1. The topological polar surface area (TPSA) is 59.2 Å². The van der Waals surface area contributed by atoms with Crippen LogP contribution in [0.5, 0.6) is 0 Å². The number of hydrogen-bond donors (Lipinski definition) is 1. The molecule has 2 fully saturated rings. The molecule has 0 radical (unpaired) electrons. The molecule has 114 valence electrons. The summed E-state index contributed by atoms with van der Waals surface area (Å²) < 4.78 is 13.1. The van der Waals surface area contributed by atoms with Gasteiger partial charge >= 0.3 is 0 Å². The first kappa shape index (κ1) is 13.8. The zero-order valence-electron chi connectivity index (χ0n) is 11.9. The van der Waals surface area contributed by atoms with Gasteiger partial charge in [-0.15, -0.1) is 11.3 Å². The van der Waals surface area contributed by atoms with Gasteiger partial charge in [0.2, 0.25) is 0 Å². The largest absolute Gasteiger partial charge is 0.330 e. The summed E-state index contributed by atoms with van der Waals surface area (Å²) in [5.74, 6) is 0.288. The van der Waals surface area contributed by atoms with Crippen LogP contribution in [0.25, 0.3) is 10.4 Å². The average Bonchev–Trinajstić information content (AvgIpc) is 2.99. The highest BCUT2D eigenvalue weighted by molar-refractivity contribution is 7.13. The van der Waals surface area contributed by atoms with E-state index in [1.54, 1.807) is 17.6 Å². The number of hydrogen-bond acceptors (Lipinski definition) is 4. The zero-order valence-corrected chi connectivity index (χ0v) is 12.7. The predicted octanol–water partition coefficient (Wildman–Crippen LogP) is 2.51. The van der Waals surface area contributed by atoms with Crippen LogP contribution in [0.15, 0.2) is 29.8 Å². The van der Waals surface area contributed by atoms with Crippen molar-refractivity contribution in [2.45, 2.75) is 24.9 Å². The zero-order chi connectivity index (χ0) is 15.3. The minimum atomic E-state index is -0.287. The van der Waals surface area contributed by atoms with Crippen LogP contribution in [0.4, 0.5) is 4.39 Å². The lowest BCUT2D eigenvalue weighted by Crippen LogP contribution is -2.42. The molecule has 6 heteroatoms. The number of thiazole rings is 1. The van der Waals surface area contributed by atoms with Crippen molar-refractivity contribution in [3.05, 3.63) is 41.3 Å². The molecule has 4 rings (SSSR count). The quantitative estimate of drug-likeness (QED) is 0.946. The number of carbonyl (C=O) groups is 1. The summed E-state index contributed by atoms with van der Waals surface area (Å²) in [6, 6.07) is 6.63. The third-order valence-electron chi connectivity index (χ3n) is 4.59. The van der Waals surface area contributed by atoms with Crippen molar-refractivity contribution < 1.29 is 9.18 Å². The van der Waals surface area contributed by atoms with Gasteiger partial charge in [-0.2, -0.15) is 0 Å². The number of carbonyl (C=O) groups excluding carboxylic acids is 1. The molecular weight excluding hydrogens is 301 g/mol. The maximum Gasteiger partial charge on any atom is 0.274 e. The number of aromatic nitrogens is 1. The van der Waals surface area contributed by atoms with E-state index in [0.717, 1.165) is 23.3 Å². The maximum atomic E-state index is 13.1. The lowest BCUT2D eigenvalue weighted by atomic mass is 10.1. The highest BCUT2D eigenvalue weighted by Crippen LogP contribution is 2.48. The molecule has 2 aromatic rings. The van der Waals surface area contributed by atoms with Crippen molar-refractivity contribution in [2.24, 2.45) is 11.7 Å². The fourth-order valence-corrected chi connectivity index (χ4v) is 4.20. The Morgan fingerprint density at radius 3 is 2.86 bits per heavy atom. The third kappa shape index (κ3) is 2.14. The van der Waals surface area contributed by atoms with Gasteiger partial charge in [-0.05, 0) is 36.5 Å². The van der Waals surface area contributed by atoms with Crippen LogP contribution in [-0.2, 0) is 0 Å². The van der Waals surface area contributed by atoms with E-state index in [0.29, 0.717) is 24.2 Å². The number of fused-ring (bicyclic) bond motifs is 1. The molecule has 0 unspecified atom stereocenters. The minimum absolute atomic E-state index is 0.0407. The highest BCUT2D eigenvalue weighted by Gasteiger charge is 2.53. The Bertz CT molecular complexity index is 714. The van der Waals surface area contributed by atoms with E-state index in [9.17, 15) is 9.18 Å². The number of benzene rings is 1. The summed E-state index contributed by atoms with van der Waals surface area (Å²) in [6.45, 7) is 0.495. The monoisotopic (exact) mass is 317 g/mol. The van der Waals surface area contributed by atoms with Crippen molar-refractivity contribution in [3.63, 3.8) is 0 Å². The van der Waals surface area contributed by atoms with E-state index in [4.69, 9.17) is 5.73 Å². The van der Waals surface area contributed by atoms with Crippen LogP contribution in [0.2, 0.25) is 0 Å². The van der Waals surface area contributed by atoms with Gasteiger partial charge in [-0.3, -0.25) is 4.79 Å². The number of likely N-dealkylation sites (tertiary alicyclic amines) is 1. The number of piperidine rings is 1. The summed E-state index contributed by atoms with van der Waals surface area (Å²) >= 11 is 1.41. The van der Waals surface area contributed by atoms with Crippen molar-refractivity contribution in [3.8, 4) is 10.4 Å². The molecule has 1 aromatic carbocycles. The summed E-state index contributed by atoms with van der Waals surface area (Å²) in [7, 11) is 0. The standard InChI is InChI=1S/C16H16FN3OS/c17-11-3-1-9(2-4-11)15-14(19-8-22-15)16(21)20-12(7-18)5-10-6-13(10)20/h1-4,8,10,12-13H,5-7,18H2/t10-,12+,13+/m1/s1. The summed E-state index contributed by atoms with van der Waals surface area (Å²) in [5, 5.41) is 0. The van der Waals surface area contributed by atoms with Crippen molar-refractivity contribution in [1.82, 2.24) is 9.88 Å². The van der Waals surface area contributed by atoms with Gasteiger partial charge in [-0.1, -0.05) is 12.1 Å². The smallest absolute Gasteiger partial charge is 0.274 e. The highest BCUT2D eigenvalue weighted by atomic mass is 32.1. The molecule has 2 heterocycles. The van der Waals surface area contributed by atoms with Crippen molar-refractivity contribution in [2.75, 3.05) is 6.54 Å². The van der Waals surface area contributed by atoms with Crippen LogP contribution in [-0.4, -0.2) is 34.4 Å². The molecule has 1 aliphatic carbocycles. The first-order valence-corrected chi connectivity index (χ1v) is 8.29. The van der Waals surface area contributed by atoms with E-state index in [1.807, 2.05) is 4.90 Å². The minimum Gasteiger partial charge on any atom is -0.330 e. The molecule has 1 aliphatic heterocycles. The average molecular weight is 317 g/mol. The first-order valence-electron chi connectivity index (χ1n) is 7.41. The van der Waals surface area contributed by atoms with Crippen LogP contribution in [0.3, 0.4) is 0 Å². The lowest BCUT2D eigenvalue weighted by molar-refractivity contribution is 0.0701. The Hall–Kier alpha value is -1.79. The molecule has 0 spiro atoms. The SMILES string of the molecule is NC[C@@H]1C[C@@H]2C[C@@H]2N1C(=O)c1ncsc1-c1ccc(F)cc1. The van der Waals surface area contributed by atoms with Crippen LogP contribution in [0.1, 0.15) is 23.3 Å². The number of amides is 1. The Kier molecular flexibility index (Phi) is 3.23. The second-order valence-electron chi connectivity index (χ2n) is 5.94. The number of halogens is 1. The molecule has 4 nitrogen and oxygen atoms in total. The van der Waals surface area contributed by atoms with E-state index >= 15 is 0 Å². The van der Waals surface area contributed by atoms with E-state index in [1.165, 1.54) is 23.5 Å². The van der Waals surface area contributed by atoms with Crippen LogP contribution < -0.4 is 5.73 Å². The second-order valence-corrected chi connectivity index (χ2v) is 6.79. The molecule has 1 aromatic heterocycles. The van der Waals surface area contributed by atoms with Gasteiger partial charge < -0.3 is 10.6 Å². The molecule has 2 aliphatic rings. The number of rotatable bonds is 3. The maximum absolute atomic E-state index is 13.1. The van der Waals surface area contributed by atoms with Gasteiger partial charge in [0.05, 0.1) is 10.4 Å². The molecule has 22 heavy (non-hydrogen) atoms. The Balaban J connectivity index is 1.67. The molecule has 0 bridgehead atoms. The number of nitrogens with zero attached hydrogens (tertiary/aromatic N) is 2. The third-order valence-corrected chi connectivity index (χ3v) is 5.47. The van der Waals surface area contributed by atoms with Crippen LogP contribution >= 0.6 is 11.3 Å². The Labute approximate surface area is 131 Å². The molecule has 1 amide bonds. The van der Waals surface area contributed by atoms with Gasteiger partial charge in [0.25, 0.3) is 5.91 Å². The van der Waals surface area contributed by atoms with Crippen LogP contribution in [0, 0.1) is 11.7 Å². The van der Waals surface area contributed by atoms with E-state index < -0.39 is 0 Å². The molecule has 3 atom stereocenters. The summed E-state index contributed by atoms with van der Waals surface area (Å²) in [5.41, 5.74) is 8.76. The van der Waals surface area contributed by atoms with E-state index in [2.05, 4.69) is 4.98 Å². The van der Waals surface area contributed by atoms with Crippen molar-refractivity contribution in [1.29, 1.82) is 0 Å². The molecule has 1 saturated heterocycles. The fraction of sp³-hybridized carbons (Fsp3) is 0.375. The van der Waals surface area contributed by atoms with Gasteiger partial charge in [0.15, 0.2) is 0 Å². The van der Waals surface area contributed by atoms with Gasteiger partial charge in [0, 0.05) is 18.6 Å². The normalized spacial score (nSPS) is 26.1. The summed E-state index contributed by atoms with van der Waals surface area (Å²) in [4.78, 5) is 19.9. The molecular formula is C16H16FN3OS. The lowest BCUT2D eigenvalue weighted by Gasteiger charge is -2.26. The second kappa shape index (κ2) is 5.14. The Morgan fingerprint density at radius 2 is 2.14 bits per heavy atom. The fourth-order valence-electron chi connectivity index (χ4n) is 3.41. The van der Waals surface area contributed by atoms with Gasteiger partial charge in [0.1, 0.15) is 11.5 Å². The Morgan fingerprint density at radius 1 is 1.36 bits per heavy atom. The molecule has 1 saturated carbocycles.